The summed E-state index contributed by atoms with van der Waals surface area (Å²) in [7, 11) is 0. The Hall–Kier alpha value is -8.08. The molecule has 11 rings (SSSR count). The van der Waals surface area contributed by atoms with Crippen molar-refractivity contribution in [1.82, 2.24) is 0 Å². The standard InChI is InChI=1S/C57H39N3O/c58-56(52-34-46(35-54-55(52)50-22-10-11-24-53(50)61-54)45-32-44-18-7-9-21-49(44)51(33-45)40-14-2-1-3-15-40)60-57(59-36-37-25-26-38-13-4-5-17-43(38)31-37)42-29-27-41(28-30-42)48-23-12-19-39-16-6-8-20-47(39)48/h1-35H,36H2,(H2,58,59,60). The Balaban J connectivity index is 1.07. The van der Waals surface area contributed by atoms with E-state index in [2.05, 4.69) is 194 Å². The number of rotatable bonds is 7. The number of aliphatic imine (C=N–C) groups is 2. The molecule has 61 heavy (non-hydrogen) atoms. The lowest BCUT2D eigenvalue weighted by Gasteiger charge is -2.13. The van der Waals surface area contributed by atoms with Crippen LogP contribution in [0.25, 0.3) is 87.6 Å². The lowest BCUT2D eigenvalue weighted by molar-refractivity contribution is 0.669. The fraction of sp³-hybridized carbons (Fsp3) is 0.0175. The van der Waals surface area contributed by atoms with Crippen LogP contribution in [0.1, 0.15) is 16.7 Å². The third-order valence-corrected chi connectivity index (χ3v) is 11.7. The number of furan rings is 1. The van der Waals surface area contributed by atoms with Crippen LogP contribution in [-0.2, 0) is 6.54 Å². The molecule has 0 amide bonds. The van der Waals surface area contributed by atoms with E-state index in [0.29, 0.717) is 18.2 Å². The largest absolute Gasteiger partial charge is 0.456 e. The molecule has 0 saturated heterocycles. The maximum absolute atomic E-state index is 7.26. The van der Waals surface area contributed by atoms with E-state index in [1.807, 2.05) is 18.2 Å². The first-order chi connectivity index (χ1) is 30.1. The highest BCUT2D eigenvalue weighted by Gasteiger charge is 2.19. The minimum atomic E-state index is 0.359. The molecule has 4 nitrogen and oxygen atoms in total. The van der Waals surface area contributed by atoms with Crippen LogP contribution in [0.3, 0.4) is 0 Å². The number of benzene rings is 10. The molecule has 0 aliphatic heterocycles. The number of hydrogen-bond donors (Lipinski definition) is 1. The van der Waals surface area contributed by atoms with E-state index in [0.717, 1.165) is 71.8 Å². The predicted octanol–water partition coefficient (Wildman–Crippen LogP) is 14.4. The molecular weight excluding hydrogens is 743 g/mol. The SMILES string of the molecule is N/C(=N\C(=N/Cc1ccc2ccccc2c1)c1ccc(-c2cccc3ccccc23)cc1)c1cc(-c2cc(-c3ccccc3)c3ccccc3c2)cc2oc3ccccc3c12. The van der Waals surface area contributed by atoms with Crippen LogP contribution in [0.15, 0.2) is 227 Å². The smallest absolute Gasteiger partial charge is 0.157 e. The van der Waals surface area contributed by atoms with Gasteiger partial charge < -0.3 is 10.2 Å². The Kier molecular flexibility index (Phi) is 9.02. The average molecular weight is 782 g/mol. The molecule has 0 bridgehead atoms. The van der Waals surface area contributed by atoms with Gasteiger partial charge in [-0.3, -0.25) is 4.99 Å². The highest BCUT2D eigenvalue weighted by Crippen LogP contribution is 2.39. The Bertz CT molecular complexity index is 3500. The summed E-state index contributed by atoms with van der Waals surface area (Å²) in [5, 5.41) is 9.04. The highest BCUT2D eigenvalue weighted by atomic mass is 16.3. The van der Waals surface area contributed by atoms with Crippen LogP contribution >= 0.6 is 0 Å². The van der Waals surface area contributed by atoms with E-state index in [-0.39, 0.29) is 0 Å². The van der Waals surface area contributed by atoms with Gasteiger partial charge in [0.15, 0.2) is 5.84 Å². The third-order valence-electron chi connectivity index (χ3n) is 11.7. The van der Waals surface area contributed by atoms with Crippen molar-refractivity contribution in [3.05, 3.63) is 229 Å². The Labute approximate surface area is 353 Å². The number of para-hydroxylation sites is 1. The second-order valence-electron chi connectivity index (χ2n) is 15.5. The number of nitrogens with two attached hydrogens (primary N) is 1. The molecule has 288 valence electrons. The fourth-order valence-corrected chi connectivity index (χ4v) is 8.70. The molecule has 0 saturated carbocycles. The zero-order valence-corrected chi connectivity index (χ0v) is 33.3. The van der Waals surface area contributed by atoms with Crippen molar-refractivity contribution in [2.75, 3.05) is 0 Å². The van der Waals surface area contributed by atoms with Gasteiger partial charge in [-0.1, -0.05) is 176 Å². The number of hydrogen-bond acceptors (Lipinski definition) is 2. The summed E-state index contributed by atoms with van der Waals surface area (Å²) in [5.74, 6) is 0.913. The quantitative estimate of drug-likeness (QED) is 0.129. The summed E-state index contributed by atoms with van der Waals surface area (Å²) < 4.78 is 6.58. The van der Waals surface area contributed by atoms with Gasteiger partial charge >= 0.3 is 0 Å². The molecule has 10 aromatic carbocycles. The summed E-state index contributed by atoms with van der Waals surface area (Å²) >= 11 is 0. The lowest BCUT2D eigenvalue weighted by atomic mass is 9.91. The van der Waals surface area contributed by atoms with Gasteiger partial charge in [0.2, 0.25) is 0 Å². The summed E-state index contributed by atoms with van der Waals surface area (Å²) in [5.41, 5.74) is 18.2. The van der Waals surface area contributed by atoms with Crippen LogP contribution < -0.4 is 5.73 Å². The number of fused-ring (bicyclic) bond motifs is 6. The van der Waals surface area contributed by atoms with Crippen molar-refractivity contribution >= 4 is 65.9 Å². The minimum absolute atomic E-state index is 0.359. The van der Waals surface area contributed by atoms with Gasteiger partial charge in [0.25, 0.3) is 0 Å². The van der Waals surface area contributed by atoms with Gasteiger partial charge in [-0.25, -0.2) is 4.99 Å². The van der Waals surface area contributed by atoms with Gasteiger partial charge in [-0.15, -0.1) is 0 Å². The summed E-state index contributed by atoms with van der Waals surface area (Å²) in [6.07, 6.45) is 0. The highest BCUT2D eigenvalue weighted by molar-refractivity contribution is 6.21. The van der Waals surface area contributed by atoms with Crippen molar-refractivity contribution in [3.8, 4) is 33.4 Å². The Morgan fingerprint density at radius 3 is 1.89 bits per heavy atom. The second kappa shape index (κ2) is 15.3. The fourth-order valence-electron chi connectivity index (χ4n) is 8.70. The van der Waals surface area contributed by atoms with Crippen LogP contribution in [0.2, 0.25) is 0 Å². The van der Waals surface area contributed by atoms with E-state index in [1.165, 1.54) is 32.5 Å². The van der Waals surface area contributed by atoms with E-state index in [1.54, 1.807) is 0 Å². The number of nitrogens with zero attached hydrogens (tertiary/aromatic N) is 2. The second-order valence-corrected chi connectivity index (χ2v) is 15.5. The lowest BCUT2D eigenvalue weighted by Crippen LogP contribution is -2.17. The Morgan fingerprint density at radius 1 is 0.426 bits per heavy atom. The minimum Gasteiger partial charge on any atom is -0.456 e. The molecule has 1 heterocycles. The van der Waals surface area contributed by atoms with Crippen molar-refractivity contribution < 1.29 is 4.42 Å². The maximum atomic E-state index is 7.26. The molecule has 0 unspecified atom stereocenters. The average Bonchev–Trinajstić information content (AvgIpc) is 3.71. The summed E-state index contributed by atoms with van der Waals surface area (Å²) in [6, 6.07) is 74.4. The monoisotopic (exact) mass is 781 g/mol. The van der Waals surface area contributed by atoms with Crippen LogP contribution in [0.4, 0.5) is 0 Å². The topological polar surface area (TPSA) is 63.9 Å². The first-order valence-electron chi connectivity index (χ1n) is 20.6. The van der Waals surface area contributed by atoms with Gasteiger partial charge in [-0.2, -0.15) is 0 Å². The van der Waals surface area contributed by atoms with Crippen molar-refractivity contribution in [3.63, 3.8) is 0 Å². The van der Waals surface area contributed by atoms with Crippen LogP contribution in [0.5, 0.6) is 0 Å². The van der Waals surface area contributed by atoms with Crippen molar-refractivity contribution in [2.45, 2.75) is 6.54 Å². The van der Waals surface area contributed by atoms with E-state index in [9.17, 15) is 0 Å². The molecule has 4 heteroatoms. The maximum Gasteiger partial charge on any atom is 0.157 e. The first-order valence-corrected chi connectivity index (χ1v) is 20.6. The van der Waals surface area contributed by atoms with Crippen molar-refractivity contribution in [1.29, 1.82) is 0 Å². The third kappa shape index (κ3) is 6.80. The molecule has 2 N–H and O–H groups in total. The normalized spacial score (nSPS) is 12.3. The summed E-state index contributed by atoms with van der Waals surface area (Å²) in [6.45, 7) is 0.436. The van der Waals surface area contributed by atoms with Gasteiger partial charge in [0.05, 0.1) is 6.54 Å². The molecular formula is C57H39N3O. The molecule has 1 aromatic heterocycles. The van der Waals surface area contributed by atoms with Gasteiger partial charge in [0, 0.05) is 21.9 Å². The van der Waals surface area contributed by atoms with Gasteiger partial charge in [-0.05, 0) is 108 Å². The Morgan fingerprint density at radius 2 is 1.07 bits per heavy atom. The van der Waals surface area contributed by atoms with Gasteiger partial charge in [0.1, 0.15) is 17.0 Å². The molecule has 11 aromatic rings. The molecule has 0 aliphatic rings. The molecule has 0 radical (unpaired) electrons. The van der Waals surface area contributed by atoms with E-state index >= 15 is 0 Å². The molecule has 0 fully saturated rings. The van der Waals surface area contributed by atoms with Crippen LogP contribution in [0, 0.1) is 0 Å². The van der Waals surface area contributed by atoms with E-state index < -0.39 is 0 Å². The first kappa shape index (κ1) is 36.0. The number of amidine groups is 2. The molecule has 0 atom stereocenters. The van der Waals surface area contributed by atoms with Crippen LogP contribution in [-0.4, -0.2) is 11.7 Å². The summed E-state index contributed by atoms with van der Waals surface area (Å²) in [4.78, 5) is 10.4. The van der Waals surface area contributed by atoms with E-state index in [4.69, 9.17) is 20.1 Å². The predicted molar refractivity (Wildman–Crippen MR) is 256 cm³/mol. The zero-order valence-electron chi connectivity index (χ0n) is 33.3. The molecule has 0 aliphatic carbocycles. The van der Waals surface area contributed by atoms with Crippen molar-refractivity contribution in [2.24, 2.45) is 15.7 Å². The molecule has 0 spiro atoms. The zero-order chi connectivity index (χ0) is 40.7.